The summed E-state index contributed by atoms with van der Waals surface area (Å²) in [5.74, 6) is 0.156. The maximum atomic E-state index is 11.9. The van der Waals surface area contributed by atoms with Crippen molar-refractivity contribution in [2.24, 2.45) is 5.92 Å². The Balaban J connectivity index is 3.18. The summed E-state index contributed by atoms with van der Waals surface area (Å²) in [4.78, 5) is 23.8. The maximum Gasteiger partial charge on any atom is 0.160 e. The number of carbonyl (C=O) groups excluding carboxylic acids is 2. The van der Waals surface area contributed by atoms with E-state index in [0.29, 0.717) is 12.8 Å². The summed E-state index contributed by atoms with van der Waals surface area (Å²) >= 11 is 0. The first kappa shape index (κ1) is 13.7. The minimum atomic E-state index is -0.0869. The molecule has 0 aromatic carbocycles. The Morgan fingerprint density at radius 1 is 1.00 bits per heavy atom. The lowest BCUT2D eigenvalue weighted by Gasteiger charge is -2.28. The van der Waals surface area contributed by atoms with E-state index >= 15 is 0 Å². The number of rotatable bonds is 4. The first-order valence-electron chi connectivity index (χ1n) is 6.18. The van der Waals surface area contributed by atoms with Gasteiger partial charge in [0.2, 0.25) is 0 Å². The Hall–Kier alpha value is -1.38. The topological polar surface area (TPSA) is 46.2 Å². The molecule has 0 radical (unpaired) electrons. The van der Waals surface area contributed by atoms with Crippen LogP contribution in [-0.4, -0.2) is 11.6 Å². The molecule has 1 aliphatic heterocycles. The second-order valence-corrected chi connectivity index (χ2v) is 4.48. The van der Waals surface area contributed by atoms with Crippen LogP contribution in [0.1, 0.15) is 47.5 Å². The van der Waals surface area contributed by atoms with Crippen molar-refractivity contribution in [3.05, 3.63) is 22.5 Å². The summed E-state index contributed by atoms with van der Waals surface area (Å²) in [6.45, 7) is 9.44. The lowest BCUT2D eigenvalue weighted by Crippen LogP contribution is -2.30. The van der Waals surface area contributed by atoms with Gasteiger partial charge in [0.15, 0.2) is 11.6 Å². The van der Waals surface area contributed by atoms with E-state index in [0.717, 1.165) is 22.5 Å². The van der Waals surface area contributed by atoms with Gasteiger partial charge < -0.3 is 5.32 Å². The number of ketones is 2. The fourth-order valence-corrected chi connectivity index (χ4v) is 2.49. The summed E-state index contributed by atoms with van der Waals surface area (Å²) < 4.78 is 0. The van der Waals surface area contributed by atoms with E-state index in [1.54, 1.807) is 0 Å². The van der Waals surface area contributed by atoms with E-state index in [1.807, 2.05) is 34.6 Å². The Labute approximate surface area is 103 Å². The van der Waals surface area contributed by atoms with Crippen molar-refractivity contribution in [2.45, 2.75) is 47.5 Å². The highest BCUT2D eigenvalue weighted by Crippen LogP contribution is 2.31. The van der Waals surface area contributed by atoms with Gasteiger partial charge in [0.1, 0.15) is 0 Å². The predicted molar refractivity (Wildman–Crippen MR) is 68.3 cm³/mol. The molecule has 3 heteroatoms. The molecule has 0 unspecified atom stereocenters. The van der Waals surface area contributed by atoms with E-state index in [9.17, 15) is 9.59 Å². The number of nitrogens with one attached hydrogen (secondary N) is 1. The number of hydrogen-bond donors (Lipinski definition) is 1. The average molecular weight is 235 g/mol. The van der Waals surface area contributed by atoms with Gasteiger partial charge in [0, 0.05) is 41.3 Å². The number of dihydropyridines is 1. The molecule has 0 aliphatic carbocycles. The highest BCUT2D eigenvalue weighted by molar-refractivity contribution is 6.03. The van der Waals surface area contributed by atoms with Crippen LogP contribution < -0.4 is 5.32 Å². The van der Waals surface area contributed by atoms with Crippen molar-refractivity contribution in [3.8, 4) is 0 Å². The highest BCUT2D eigenvalue weighted by Gasteiger charge is 2.30. The number of Topliss-reactive ketones (excluding diaryl/α,β-unsaturated/α-hetero) is 2. The SMILES string of the molecule is CCC(=O)C1=C(C)NC(C)=C(C(=O)CC)C1C. The molecule has 17 heavy (non-hydrogen) atoms. The lowest BCUT2D eigenvalue weighted by atomic mass is 9.82. The lowest BCUT2D eigenvalue weighted by molar-refractivity contribution is -0.116. The molecule has 0 fully saturated rings. The maximum absolute atomic E-state index is 11.9. The van der Waals surface area contributed by atoms with Crippen LogP contribution in [0.3, 0.4) is 0 Å². The molecule has 1 N–H and O–H groups in total. The zero-order chi connectivity index (χ0) is 13.2. The summed E-state index contributed by atoms with van der Waals surface area (Å²) in [5.41, 5.74) is 3.29. The van der Waals surface area contributed by atoms with Gasteiger partial charge in [0.05, 0.1) is 0 Å². The molecule has 1 rings (SSSR count). The van der Waals surface area contributed by atoms with Gasteiger partial charge in [-0.1, -0.05) is 20.8 Å². The molecule has 0 bridgehead atoms. The zero-order valence-corrected chi connectivity index (χ0v) is 11.3. The van der Waals surface area contributed by atoms with Crippen LogP contribution in [0, 0.1) is 5.92 Å². The van der Waals surface area contributed by atoms with E-state index in [2.05, 4.69) is 5.32 Å². The second-order valence-electron chi connectivity index (χ2n) is 4.48. The van der Waals surface area contributed by atoms with Crippen molar-refractivity contribution in [1.29, 1.82) is 0 Å². The van der Waals surface area contributed by atoms with Gasteiger partial charge >= 0.3 is 0 Å². The quantitative estimate of drug-likeness (QED) is 0.815. The second kappa shape index (κ2) is 5.30. The van der Waals surface area contributed by atoms with Gasteiger partial charge in [-0.15, -0.1) is 0 Å². The molecule has 0 saturated heterocycles. The van der Waals surface area contributed by atoms with Crippen molar-refractivity contribution in [2.75, 3.05) is 0 Å². The molecule has 0 atom stereocenters. The van der Waals surface area contributed by atoms with Crippen molar-refractivity contribution >= 4 is 11.6 Å². The van der Waals surface area contributed by atoms with E-state index in [-0.39, 0.29) is 17.5 Å². The molecule has 3 nitrogen and oxygen atoms in total. The standard InChI is InChI=1S/C14H21NO2/c1-6-11(16)13-8(3)14(12(17)7-2)10(5)15-9(13)4/h8,15H,6-7H2,1-5H3. The van der Waals surface area contributed by atoms with E-state index < -0.39 is 0 Å². The molecule has 1 heterocycles. The van der Waals surface area contributed by atoms with Crippen LogP contribution in [0.2, 0.25) is 0 Å². The van der Waals surface area contributed by atoms with E-state index in [1.165, 1.54) is 0 Å². The van der Waals surface area contributed by atoms with Crippen LogP contribution >= 0.6 is 0 Å². The highest BCUT2D eigenvalue weighted by atomic mass is 16.1. The number of carbonyl (C=O) groups is 2. The summed E-state index contributed by atoms with van der Waals surface area (Å²) in [5, 5.41) is 3.16. The molecule has 0 spiro atoms. The normalized spacial score (nSPS) is 17.2. The minimum absolute atomic E-state index is 0.0869. The third-order valence-electron chi connectivity index (χ3n) is 3.29. The van der Waals surface area contributed by atoms with Gasteiger partial charge in [-0.05, 0) is 13.8 Å². The Kier molecular flexibility index (Phi) is 4.27. The fourth-order valence-electron chi connectivity index (χ4n) is 2.49. The number of hydrogen-bond acceptors (Lipinski definition) is 3. The predicted octanol–water partition coefficient (Wildman–Crippen LogP) is 2.73. The van der Waals surface area contributed by atoms with Gasteiger partial charge in [-0.25, -0.2) is 0 Å². The molecule has 1 aliphatic rings. The third-order valence-corrected chi connectivity index (χ3v) is 3.29. The summed E-state index contributed by atoms with van der Waals surface area (Å²) in [7, 11) is 0. The van der Waals surface area contributed by atoms with Crippen LogP contribution in [0.4, 0.5) is 0 Å². The Morgan fingerprint density at radius 2 is 1.35 bits per heavy atom. The monoisotopic (exact) mass is 235 g/mol. The molecular weight excluding hydrogens is 214 g/mol. The number of allylic oxidation sites excluding steroid dienone is 4. The van der Waals surface area contributed by atoms with Gasteiger partial charge in [-0.2, -0.15) is 0 Å². The fraction of sp³-hybridized carbons (Fsp3) is 0.571. The minimum Gasteiger partial charge on any atom is -0.362 e. The first-order valence-corrected chi connectivity index (χ1v) is 6.18. The third kappa shape index (κ3) is 2.48. The van der Waals surface area contributed by atoms with Crippen LogP contribution in [0.5, 0.6) is 0 Å². The van der Waals surface area contributed by atoms with Crippen molar-refractivity contribution < 1.29 is 9.59 Å². The molecule has 0 amide bonds. The van der Waals surface area contributed by atoms with Crippen LogP contribution in [-0.2, 0) is 9.59 Å². The average Bonchev–Trinajstić information content (AvgIpc) is 2.27. The van der Waals surface area contributed by atoms with Crippen molar-refractivity contribution in [1.82, 2.24) is 5.32 Å². The largest absolute Gasteiger partial charge is 0.362 e. The van der Waals surface area contributed by atoms with Crippen LogP contribution in [0.25, 0.3) is 0 Å². The molecule has 94 valence electrons. The Bertz CT molecular complexity index is 378. The van der Waals surface area contributed by atoms with Crippen LogP contribution in [0.15, 0.2) is 22.5 Å². The summed E-state index contributed by atoms with van der Waals surface area (Å²) in [6.07, 6.45) is 0.955. The van der Waals surface area contributed by atoms with Gasteiger partial charge in [-0.3, -0.25) is 9.59 Å². The Morgan fingerprint density at radius 3 is 1.65 bits per heavy atom. The first-order chi connectivity index (χ1) is 7.93. The molecule has 0 saturated carbocycles. The van der Waals surface area contributed by atoms with Crippen molar-refractivity contribution in [3.63, 3.8) is 0 Å². The zero-order valence-electron chi connectivity index (χ0n) is 11.3. The molecular formula is C14H21NO2. The molecule has 0 aromatic rings. The summed E-state index contributed by atoms with van der Waals surface area (Å²) in [6, 6.07) is 0. The van der Waals surface area contributed by atoms with Gasteiger partial charge in [0.25, 0.3) is 0 Å². The molecule has 0 aromatic heterocycles. The smallest absolute Gasteiger partial charge is 0.160 e. The van der Waals surface area contributed by atoms with E-state index in [4.69, 9.17) is 0 Å².